The van der Waals surface area contributed by atoms with Crippen molar-refractivity contribution in [1.82, 2.24) is 0 Å². The van der Waals surface area contributed by atoms with Gasteiger partial charge in [-0.1, -0.05) is 35.4 Å². The summed E-state index contributed by atoms with van der Waals surface area (Å²) in [4.78, 5) is 12.8. The monoisotopic (exact) mass is 608 g/mol. The average molecular weight is 609 g/mol. The van der Waals surface area contributed by atoms with Gasteiger partial charge in [-0.3, -0.25) is 0 Å². The number of rotatable bonds is 12. The van der Waals surface area contributed by atoms with E-state index in [0.29, 0.717) is 5.56 Å². The Morgan fingerprint density at radius 3 is 2.26 bits per heavy atom. The molecule has 12 heteroatoms. The summed E-state index contributed by atoms with van der Waals surface area (Å²) in [5, 5.41) is 61.7. The van der Waals surface area contributed by atoms with Crippen molar-refractivity contribution in [2.45, 2.75) is 102 Å². The average Bonchev–Trinajstić information content (AvgIpc) is 2.97. The van der Waals surface area contributed by atoms with Gasteiger partial charge in [-0.25, -0.2) is 4.79 Å². The van der Waals surface area contributed by atoms with Crippen LogP contribution in [0.2, 0.25) is 0 Å². The Bertz CT molecular complexity index is 1110. The number of aromatic hydroxyl groups is 1. The summed E-state index contributed by atoms with van der Waals surface area (Å²) in [6.07, 6.45) is -5.92. The molecule has 10 atom stereocenters. The van der Waals surface area contributed by atoms with E-state index in [1.807, 2.05) is 26.8 Å². The Kier molecular flexibility index (Phi) is 13.3. The van der Waals surface area contributed by atoms with Crippen LogP contribution in [0.15, 0.2) is 53.6 Å². The number of hydrogen-bond acceptors (Lipinski definition) is 12. The molecule has 0 aromatic heterocycles. The standard InChI is InChI=1S/C31H44O12/c1-17(2)6-5-7-18(3)14-15-39-30-27(38)29(43-31-26(37)25(36)24(35)19(4)40-31)28(22(16-32)41-30)42-23(34)13-10-20-8-11-21(33)12-9-20/h6,8-14,19,22,24-33,35-38H,5,7,15-16H2,1-4H3/t19-,22+,24-,25+,26+,27+,28+,29+,30+,31-/m0/s1. The largest absolute Gasteiger partial charge is 0.508 e. The third-order valence-electron chi connectivity index (χ3n) is 7.23. The Hall–Kier alpha value is -2.65. The minimum atomic E-state index is -1.70. The van der Waals surface area contributed by atoms with Gasteiger partial charge in [0.25, 0.3) is 0 Å². The van der Waals surface area contributed by atoms with E-state index in [1.54, 1.807) is 12.1 Å². The zero-order valence-electron chi connectivity index (χ0n) is 24.9. The Balaban J connectivity index is 1.78. The van der Waals surface area contributed by atoms with Gasteiger partial charge in [0.1, 0.15) is 42.4 Å². The van der Waals surface area contributed by atoms with E-state index in [9.17, 15) is 35.4 Å². The molecule has 0 bridgehead atoms. The van der Waals surface area contributed by atoms with Crippen molar-refractivity contribution in [3.63, 3.8) is 0 Å². The molecule has 2 aliphatic heterocycles. The second kappa shape index (κ2) is 16.4. The van der Waals surface area contributed by atoms with Gasteiger partial charge in [0.2, 0.25) is 0 Å². The molecule has 2 saturated heterocycles. The lowest BCUT2D eigenvalue weighted by molar-refractivity contribution is -0.356. The number of benzene rings is 1. The van der Waals surface area contributed by atoms with Crippen LogP contribution in [0.3, 0.4) is 0 Å². The number of allylic oxidation sites excluding steroid dienone is 3. The maximum Gasteiger partial charge on any atom is 0.331 e. The van der Waals surface area contributed by atoms with Gasteiger partial charge < -0.3 is 54.3 Å². The molecule has 0 spiro atoms. The Morgan fingerprint density at radius 1 is 0.907 bits per heavy atom. The third kappa shape index (κ3) is 9.93. The Labute approximate surface area is 251 Å². The minimum Gasteiger partial charge on any atom is -0.508 e. The molecule has 0 saturated carbocycles. The molecule has 2 aliphatic rings. The van der Waals surface area contributed by atoms with Crippen LogP contribution in [0, 0.1) is 0 Å². The van der Waals surface area contributed by atoms with E-state index in [2.05, 4.69) is 6.08 Å². The zero-order chi connectivity index (χ0) is 31.7. The summed E-state index contributed by atoms with van der Waals surface area (Å²) in [5.74, 6) is -0.798. The molecule has 240 valence electrons. The van der Waals surface area contributed by atoms with Crippen LogP contribution >= 0.6 is 0 Å². The molecule has 0 amide bonds. The maximum absolute atomic E-state index is 12.8. The lowest BCUT2D eigenvalue weighted by Crippen LogP contribution is -2.65. The van der Waals surface area contributed by atoms with Crippen molar-refractivity contribution in [3.8, 4) is 5.75 Å². The zero-order valence-corrected chi connectivity index (χ0v) is 24.9. The molecule has 12 nitrogen and oxygen atoms in total. The fourth-order valence-electron chi connectivity index (χ4n) is 4.66. The first-order valence-corrected chi connectivity index (χ1v) is 14.3. The summed E-state index contributed by atoms with van der Waals surface area (Å²) in [7, 11) is 0. The number of ether oxygens (including phenoxy) is 5. The molecule has 6 N–H and O–H groups in total. The van der Waals surface area contributed by atoms with E-state index in [1.165, 1.54) is 30.7 Å². The van der Waals surface area contributed by atoms with Crippen molar-refractivity contribution in [2.75, 3.05) is 13.2 Å². The van der Waals surface area contributed by atoms with Crippen molar-refractivity contribution in [1.29, 1.82) is 0 Å². The quantitative estimate of drug-likeness (QED) is 0.114. The van der Waals surface area contributed by atoms with Gasteiger partial charge in [-0.15, -0.1) is 0 Å². The van der Waals surface area contributed by atoms with Crippen molar-refractivity contribution < 1.29 is 59.1 Å². The number of aliphatic hydroxyl groups excluding tert-OH is 5. The first-order chi connectivity index (χ1) is 20.4. The predicted octanol–water partition coefficient (Wildman–Crippen LogP) is 1.32. The smallest absolute Gasteiger partial charge is 0.331 e. The Morgan fingerprint density at radius 2 is 1.60 bits per heavy atom. The van der Waals surface area contributed by atoms with E-state index >= 15 is 0 Å². The van der Waals surface area contributed by atoms with Gasteiger partial charge in [0, 0.05) is 6.08 Å². The molecular weight excluding hydrogens is 564 g/mol. The van der Waals surface area contributed by atoms with Crippen LogP contribution in [0.25, 0.3) is 6.08 Å². The van der Waals surface area contributed by atoms with Crippen molar-refractivity contribution in [3.05, 3.63) is 59.2 Å². The summed E-state index contributed by atoms with van der Waals surface area (Å²) >= 11 is 0. The number of hydrogen-bond donors (Lipinski definition) is 6. The molecule has 0 radical (unpaired) electrons. The van der Waals surface area contributed by atoms with Gasteiger partial charge in [-0.05, 0) is 64.3 Å². The van der Waals surface area contributed by atoms with Crippen LogP contribution in [0.1, 0.15) is 46.1 Å². The molecule has 0 aliphatic carbocycles. The number of aliphatic hydroxyl groups is 5. The first kappa shape index (κ1) is 34.8. The van der Waals surface area contributed by atoms with Gasteiger partial charge >= 0.3 is 5.97 Å². The van der Waals surface area contributed by atoms with Crippen LogP contribution in [0.5, 0.6) is 5.75 Å². The number of phenols is 1. The first-order valence-electron chi connectivity index (χ1n) is 14.3. The summed E-state index contributed by atoms with van der Waals surface area (Å²) < 4.78 is 28.5. The molecular formula is C31H44O12. The lowest BCUT2D eigenvalue weighted by Gasteiger charge is -2.46. The van der Waals surface area contributed by atoms with Gasteiger partial charge in [0.05, 0.1) is 19.3 Å². The third-order valence-corrected chi connectivity index (χ3v) is 7.23. The van der Waals surface area contributed by atoms with Crippen LogP contribution in [-0.4, -0.2) is 111 Å². The summed E-state index contributed by atoms with van der Waals surface area (Å²) in [5.41, 5.74) is 2.87. The molecule has 43 heavy (non-hydrogen) atoms. The number of carbonyl (C=O) groups excluding carboxylic acids is 1. The van der Waals surface area contributed by atoms with E-state index < -0.39 is 74.0 Å². The maximum atomic E-state index is 12.8. The van der Waals surface area contributed by atoms with E-state index in [0.717, 1.165) is 24.5 Å². The molecule has 2 heterocycles. The number of esters is 1. The predicted molar refractivity (Wildman–Crippen MR) is 154 cm³/mol. The molecule has 2 fully saturated rings. The highest BCUT2D eigenvalue weighted by Crippen LogP contribution is 2.31. The SMILES string of the molecule is CC(C)=CCCC(C)=CCO[C@@H]1O[C@H](CO)[C@@H](OC(=O)C=Cc2ccc(O)cc2)[C@H](O[C@@H]2O[C@@H](C)[C@H](O)[C@@H](O)[C@H]2O)[C@H]1O. The fraction of sp³-hybridized carbons (Fsp3) is 0.581. The second-order valence-corrected chi connectivity index (χ2v) is 11.0. The number of phenolic OH excluding ortho intramolecular Hbond substituents is 1. The van der Waals surface area contributed by atoms with Crippen molar-refractivity contribution >= 4 is 12.0 Å². The highest BCUT2D eigenvalue weighted by atomic mass is 16.7. The van der Waals surface area contributed by atoms with E-state index in [-0.39, 0.29) is 12.4 Å². The lowest BCUT2D eigenvalue weighted by atomic mass is 9.97. The molecule has 3 rings (SSSR count). The molecule has 1 aromatic rings. The van der Waals surface area contributed by atoms with Crippen molar-refractivity contribution in [2.24, 2.45) is 0 Å². The van der Waals surface area contributed by atoms with Crippen LogP contribution < -0.4 is 0 Å². The van der Waals surface area contributed by atoms with Gasteiger partial charge in [0.15, 0.2) is 18.7 Å². The topological polar surface area (TPSA) is 185 Å². The fourth-order valence-corrected chi connectivity index (χ4v) is 4.66. The van der Waals surface area contributed by atoms with E-state index in [4.69, 9.17) is 23.7 Å². The van der Waals surface area contributed by atoms with Crippen LogP contribution in [-0.2, 0) is 28.5 Å². The highest BCUT2D eigenvalue weighted by Gasteiger charge is 2.52. The normalized spacial score (nSPS) is 33.4. The minimum absolute atomic E-state index is 0.0593. The molecule has 1 aromatic carbocycles. The molecule has 0 unspecified atom stereocenters. The highest BCUT2D eigenvalue weighted by molar-refractivity contribution is 5.87. The summed E-state index contributed by atoms with van der Waals surface area (Å²) in [6, 6.07) is 6.06. The number of carbonyl (C=O) groups is 1. The summed E-state index contributed by atoms with van der Waals surface area (Å²) in [6.45, 7) is 6.89. The van der Waals surface area contributed by atoms with Crippen LogP contribution in [0.4, 0.5) is 0 Å². The van der Waals surface area contributed by atoms with Gasteiger partial charge in [-0.2, -0.15) is 0 Å². The second-order valence-electron chi connectivity index (χ2n) is 11.0.